The number of nitrogens with zero attached hydrogens (tertiary/aromatic N) is 1. The van der Waals surface area contributed by atoms with Gasteiger partial charge >= 0.3 is 12.3 Å². The zero-order valence-electron chi connectivity index (χ0n) is 15.5. The predicted molar refractivity (Wildman–Crippen MR) is 98.1 cm³/mol. The van der Waals surface area contributed by atoms with Gasteiger partial charge in [0.2, 0.25) is 0 Å². The number of ether oxygens (including phenoxy) is 1. The van der Waals surface area contributed by atoms with Crippen molar-refractivity contribution in [2.24, 2.45) is 0 Å². The normalized spacial score (nSPS) is 18.9. The highest BCUT2D eigenvalue weighted by atomic mass is 35.5. The lowest BCUT2D eigenvalue weighted by Gasteiger charge is -2.23. The van der Waals surface area contributed by atoms with E-state index in [9.17, 15) is 36.6 Å². The fourth-order valence-corrected chi connectivity index (χ4v) is 3.22. The Labute approximate surface area is 177 Å². The summed E-state index contributed by atoms with van der Waals surface area (Å²) in [5.41, 5.74) is -1.65. The number of nitrogens with one attached hydrogen (secondary N) is 1. The summed E-state index contributed by atoms with van der Waals surface area (Å²) in [6.45, 7) is -0.660. The second-order valence-electron chi connectivity index (χ2n) is 6.68. The maximum absolute atomic E-state index is 14.1. The molecule has 0 radical (unpaired) electrons. The van der Waals surface area contributed by atoms with Crippen molar-refractivity contribution in [2.75, 3.05) is 11.4 Å². The molecule has 0 aliphatic carbocycles. The van der Waals surface area contributed by atoms with E-state index >= 15 is 0 Å². The summed E-state index contributed by atoms with van der Waals surface area (Å²) in [6, 6.07) is 4.96. The van der Waals surface area contributed by atoms with Gasteiger partial charge in [-0.1, -0.05) is 11.6 Å². The van der Waals surface area contributed by atoms with Gasteiger partial charge in [-0.25, -0.2) is 13.6 Å². The fraction of sp³-hybridized carbons (Fsp3) is 0.263. The molecule has 12 heteroatoms. The lowest BCUT2D eigenvalue weighted by molar-refractivity contribution is -0.175. The summed E-state index contributed by atoms with van der Waals surface area (Å²) in [7, 11) is 0. The van der Waals surface area contributed by atoms with Crippen molar-refractivity contribution < 1.29 is 41.4 Å². The molecule has 1 aliphatic heterocycles. The summed E-state index contributed by atoms with van der Waals surface area (Å²) in [5.74, 6) is -5.81. The second kappa shape index (κ2) is 8.31. The smallest absolute Gasteiger partial charge is 0.407 e. The molecule has 6 nitrogen and oxygen atoms in total. The van der Waals surface area contributed by atoms with Crippen LogP contribution < -0.4 is 10.2 Å². The third-order valence-electron chi connectivity index (χ3n) is 4.44. The monoisotopic (exact) mass is 464 g/mol. The average Bonchev–Trinajstić information content (AvgIpc) is 2.93. The number of anilines is 1. The summed E-state index contributed by atoms with van der Waals surface area (Å²) >= 11 is 5.70. The van der Waals surface area contributed by atoms with Crippen molar-refractivity contribution >= 4 is 29.3 Å². The van der Waals surface area contributed by atoms with Gasteiger partial charge in [0, 0.05) is 24.5 Å². The van der Waals surface area contributed by atoms with E-state index in [4.69, 9.17) is 16.3 Å². The number of halogens is 6. The summed E-state index contributed by atoms with van der Waals surface area (Å²) in [6.07, 6.45) is -6.55. The molecule has 0 aromatic heterocycles. The fourth-order valence-electron chi connectivity index (χ4n) is 2.98. The Morgan fingerprint density at radius 3 is 2.58 bits per heavy atom. The number of hydrogen-bond acceptors (Lipinski definition) is 4. The van der Waals surface area contributed by atoms with Crippen molar-refractivity contribution in [2.45, 2.75) is 24.9 Å². The van der Waals surface area contributed by atoms with Gasteiger partial charge < -0.3 is 20.1 Å². The van der Waals surface area contributed by atoms with E-state index in [1.807, 2.05) is 0 Å². The van der Waals surface area contributed by atoms with Gasteiger partial charge in [-0.15, -0.1) is 0 Å². The molecule has 31 heavy (non-hydrogen) atoms. The number of carbonyl (C=O) groups excluding carboxylic acids is 2. The molecule has 166 valence electrons. The first-order valence-electron chi connectivity index (χ1n) is 8.72. The first kappa shape index (κ1) is 22.8. The molecule has 1 atom stereocenters. The third-order valence-corrected chi connectivity index (χ3v) is 4.66. The Kier molecular flexibility index (Phi) is 6.10. The largest absolute Gasteiger partial charge is 0.416 e. The molecule has 2 aromatic rings. The van der Waals surface area contributed by atoms with E-state index in [2.05, 4.69) is 5.32 Å². The van der Waals surface area contributed by atoms with Crippen molar-refractivity contribution in [3.05, 3.63) is 64.2 Å². The van der Waals surface area contributed by atoms with Gasteiger partial charge in [0.05, 0.1) is 11.3 Å². The van der Waals surface area contributed by atoms with Crippen LogP contribution in [0.1, 0.15) is 17.5 Å². The maximum atomic E-state index is 14.1. The molecule has 0 bridgehead atoms. The highest BCUT2D eigenvalue weighted by Crippen LogP contribution is 2.36. The Morgan fingerprint density at radius 2 is 1.94 bits per heavy atom. The Balaban J connectivity index is 1.70. The van der Waals surface area contributed by atoms with Crippen LogP contribution in [-0.4, -0.2) is 29.4 Å². The lowest BCUT2D eigenvalue weighted by Crippen LogP contribution is -2.46. The summed E-state index contributed by atoms with van der Waals surface area (Å²) in [5, 5.41) is 12.6. The van der Waals surface area contributed by atoms with Gasteiger partial charge in [-0.2, -0.15) is 13.2 Å². The predicted octanol–water partition coefficient (Wildman–Crippen LogP) is 3.99. The van der Waals surface area contributed by atoms with E-state index in [-0.39, 0.29) is 17.1 Å². The molecule has 1 saturated heterocycles. The van der Waals surface area contributed by atoms with Gasteiger partial charge in [0.1, 0.15) is 11.6 Å². The molecule has 2 N–H and O–H groups in total. The Morgan fingerprint density at radius 1 is 1.23 bits per heavy atom. The quantitative estimate of drug-likeness (QED) is 0.530. The average molecular weight is 465 g/mol. The van der Waals surface area contributed by atoms with E-state index in [0.717, 1.165) is 12.1 Å². The van der Waals surface area contributed by atoms with Crippen LogP contribution in [0.5, 0.6) is 0 Å². The van der Waals surface area contributed by atoms with Crippen molar-refractivity contribution in [1.82, 2.24) is 5.32 Å². The minimum atomic E-state index is -4.78. The molecule has 2 amide bonds. The van der Waals surface area contributed by atoms with Crippen LogP contribution in [-0.2, 0) is 22.3 Å². The first-order chi connectivity index (χ1) is 14.4. The van der Waals surface area contributed by atoms with Gasteiger partial charge in [0.25, 0.3) is 11.7 Å². The summed E-state index contributed by atoms with van der Waals surface area (Å²) in [4.78, 5) is 25.0. The zero-order valence-corrected chi connectivity index (χ0v) is 16.2. The number of aliphatic hydroxyl groups is 1. The van der Waals surface area contributed by atoms with Gasteiger partial charge in [-0.3, -0.25) is 4.79 Å². The number of rotatable bonds is 4. The highest BCUT2D eigenvalue weighted by Gasteiger charge is 2.50. The van der Waals surface area contributed by atoms with E-state index in [0.29, 0.717) is 23.1 Å². The molecule has 1 fully saturated rings. The van der Waals surface area contributed by atoms with Crippen LogP contribution in [0, 0.1) is 11.6 Å². The van der Waals surface area contributed by atoms with Crippen LogP contribution in [0.2, 0.25) is 5.02 Å². The number of hydrogen-bond donors (Lipinski definition) is 2. The van der Waals surface area contributed by atoms with Crippen LogP contribution in [0.25, 0.3) is 0 Å². The molecule has 1 heterocycles. The molecule has 1 aliphatic rings. The minimum Gasteiger partial charge on any atom is -0.407 e. The number of alkyl halides is 3. The standard InChI is InChI=1S/C19H14ClF5N2O4/c20-12-5-10(6-13(21)8-12)9-26-17(29)31-18(30)3-4-27(16(18)28)15-7-11(19(23,24)25)1-2-14(15)22/h1-2,5-8,30H,3-4,9H2,(H,26,29)/t18-/m0/s1. The number of alkyl carbamates (subject to hydrolysis) is 1. The van der Waals surface area contributed by atoms with Crippen LogP contribution in [0.4, 0.5) is 32.4 Å². The van der Waals surface area contributed by atoms with Crippen LogP contribution >= 0.6 is 11.6 Å². The van der Waals surface area contributed by atoms with Gasteiger partial charge in [-0.05, 0) is 42.0 Å². The van der Waals surface area contributed by atoms with Crippen molar-refractivity contribution in [3.63, 3.8) is 0 Å². The van der Waals surface area contributed by atoms with Crippen LogP contribution in [0.3, 0.4) is 0 Å². The molecular weight excluding hydrogens is 451 g/mol. The molecule has 3 rings (SSSR count). The number of amides is 2. The molecular formula is C19H14ClF5N2O4. The van der Waals surface area contributed by atoms with E-state index in [1.54, 1.807) is 0 Å². The van der Waals surface area contributed by atoms with Crippen molar-refractivity contribution in [3.8, 4) is 0 Å². The van der Waals surface area contributed by atoms with Gasteiger partial charge in [0.15, 0.2) is 0 Å². The number of benzene rings is 2. The molecule has 0 saturated carbocycles. The number of carbonyl (C=O) groups is 2. The molecule has 0 unspecified atom stereocenters. The second-order valence-corrected chi connectivity index (χ2v) is 7.11. The minimum absolute atomic E-state index is 0.0773. The first-order valence-corrected chi connectivity index (χ1v) is 9.10. The highest BCUT2D eigenvalue weighted by molar-refractivity contribution is 6.30. The molecule has 0 spiro atoms. The lowest BCUT2D eigenvalue weighted by atomic mass is 10.1. The maximum Gasteiger partial charge on any atom is 0.416 e. The molecule has 2 aromatic carbocycles. The van der Waals surface area contributed by atoms with E-state index in [1.165, 1.54) is 6.07 Å². The van der Waals surface area contributed by atoms with Crippen molar-refractivity contribution in [1.29, 1.82) is 0 Å². The third kappa shape index (κ3) is 5.05. The SMILES string of the molecule is O=C(NCc1cc(F)cc(Cl)c1)O[C@@]1(O)CCN(c2cc(C(F)(F)F)ccc2F)C1=O. The summed E-state index contributed by atoms with van der Waals surface area (Å²) < 4.78 is 70.8. The zero-order chi connectivity index (χ0) is 23.0. The Bertz CT molecular complexity index is 1010. The Hall–Kier alpha value is -2.92. The van der Waals surface area contributed by atoms with Crippen LogP contribution in [0.15, 0.2) is 36.4 Å². The van der Waals surface area contributed by atoms with E-state index < -0.39 is 59.8 Å². The topological polar surface area (TPSA) is 78.9 Å².